The Morgan fingerprint density at radius 1 is 1.24 bits per heavy atom. The first-order valence-corrected chi connectivity index (χ1v) is 9.10. The maximum atomic E-state index is 5.55. The number of ether oxygens (including phenoxy) is 2. The maximum absolute atomic E-state index is 5.55. The van der Waals surface area contributed by atoms with Gasteiger partial charge in [-0.25, -0.2) is 0 Å². The topological polar surface area (TPSA) is 58.5 Å². The molecule has 4 atom stereocenters. The third kappa shape index (κ3) is 2.03. The highest BCUT2D eigenvalue weighted by Gasteiger charge is 2.44. The minimum atomic E-state index is 0.316. The van der Waals surface area contributed by atoms with Crippen LogP contribution in [0.3, 0.4) is 0 Å². The van der Waals surface area contributed by atoms with Gasteiger partial charge in [-0.1, -0.05) is 23.5 Å². The average Bonchev–Trinajstić information content (AvgIpc) is 3.20. The molecule has 0 aromatic rings. The molecule has 2 fully saturated rings. The Labute approximate surface area is 131 Å². The van der Waals surface area contributed by atoms with Crippen LogP contribution in [0.1, 0.15) is 0 Å². The number of thioether (sulfide) groups is 2. The van der Waals surface area contributed by atoms with E-state index in [1.54, 1.807) is 23.5 Å². The summed E-state index contributed by atoms with van der Waals surface area (Å²) in [6.45, 7) is 3.09. The van der Waals surface area contributed by atoms with Crippen LogP contribution in [0.4, 0.5) is 0 Å². The SMILES string of the molecule is C1=C(CSC2=N[C@H]3COC[C@@H]3N2)N2C(=N[C@H]3COC[C@@H]32)S1. The summed E-state index contributed by atoms with van der Waals surface area (Å²) in [5, 5.41) is 7.89. The highest BCUT2D eigenvalue weighted by atomic mass is 32.2. The molecule has 8 heteroatoms. The monoisotopic (exact) mass is 324 g/mol. The van der Waals surface area contributed by atoms with E-state index in [4.69, 9.17) is 19.5 Å². The van der Waals surface area contributed by atoms with Gasteiger partial charge in [0.25, 0.3) is 0 Å². The third-order valence-corrected chi connectivity index (χ3v) is 6.28. The van der Waals surface area contributed by atoms with E-state index in [0.717, 1.165) is 42.5 Å². The molecule has 0 spiro atoms. The number of fused-ring (bicyclic) bond motifs is 4. The molecule has 0 unspecified atom stereocenters. The number of nitrogens with one attached hydrogen (secondary N) is 1. The minimum absolute atomic E-state index is 0.316. The normalized spacial score (nSPS) is 39.6. The Morgan fingerprint density at radius 2 is 2.14 bits per heavy atom. The number of nitrogens with zero attached hydrogens (tertiary/aromatic N) is 3. The van der Waals surface area contributed by atoms with Crippen LogP contribution >= 0.6 is 23.5 Å². The van der Waals surface area contributed by atoms with E-state index in [0.29, 0.717) is 24.2 Å². The summed E-state index contributed by atoms with van der Waals surface area (Å²) in [7, 11) is 0. The molecular formula is C13H16N4O2S2. The van der Waals surface area contributed by atoms with Crippen LogP contribution in [0.2, 0.25) is 0 Å². The fraction of sp³-hybridized carbons (Fsp3) is 0.692. The van der Waals surface area contributed by atoms with Gasteiger partial charge in [0.1, 0.15) is 0 Å². The van der Waals surface area contributed by atoms with Gasteiger partial charge in [0, 0.05) is 11.4 Å². The number of rotatable bonds is 2. The highest BCUT2D eigenvalue weighted by molar-refractivity contribution is 8.17. The Balaban J connectivity index is 1.25. The maximum Gasteiger partial charge on any atom is 0.168 e. The van der Waals surface area contributed by atoms with Crippen molar-refractivity contribution in [3.63, 3.8) is 0 Å². The second kappa shape index (κ2) is 4.91. The van der Waals surface area contributed by atoms with Gasteiger partial charge in [-0.3, -0.25) is 9.98 Å². The molecule has 0 aliphatic carbocycles. The first-order chi connectivity index (χ1) is 10.4. The summed E-state index contributed by atoms with van der Waals surface area (Å²) < 4.78 is 11.0. The Kier molecular flexibility index (Phi) is 2.99. The van der Waals surface area contributed by atoms with Gasteiger partial charge in [-0.05, 0) is 5.41 Å². The van der Waals surface area contributed by atoms with Crippen molar-refractivity contribution in [1.29, 1.82) is 0 Å². The predicted octanol–water partition coefficient (Wildman–Crippen LogP) is 0.473. The molecule has 5 heterocycles. The highest BCUT2D eigenvalue weighted by Crippen LogP contribution is 2.38. The van der Waals surface area contributed by atoms with Crippen molar-refractivity contribution >= 4 is 33.9 Å². The van der Waals surface area contributed by atoms with Crippen LogP contribution in [0, 0.1) is 0 Å². The van der Waals surface area contributed by atoms with Crippen LogP contribution in [-0.2, 0) is 9.47 Å². The summed E-state index contributed by atoms with van der Waals surface area (Å²) >= 11 is 3.53. The lowest BCUT2D eigenvalue weighted by atomic mass is 10.2. The molecule has 5 rings (SSSR count). The van der Waals surface area contributed by atoms with Gasteiger partial charge >= 0.3 is 0 Å². The smallest absolute Gasteiger partial charge is 0.168 e. The molecule has 21 heavy (non-hydrogen) atoms. The van der Waals surface area contributed by atoms with Gasteiger partial charge in [0.05, 0.1) is 50.6 Å². The van der Waals surface area contributed by atoms with Gasteiger partial charge in [0.15, 0.2) is 10.3 Å². The van der Waals surface area contributed by atoms with Crippen LogP contribution < -0.4 is 5.32 Å². The number of aliphatic imine (C=N–C) groups is 2. The van der Waals surface area contributed by atoms with Crippen molar-refractivity contribution in [1.82, 2.24) is 10.2 Å². The van der Waals surface area contributed by atoms with Gasteiger partial charge in [-0.2, -0.15) is 0 Å². The van der Waals surface area contributed by atoms with E-state index in [9.17, 15) is 0 Å². The molecule has 0 saturated carbocycles. The van der Waals surface area contributed by atoms with Crippen molar-refractivity contribution in [2.75, 3.05) is 32.2 Å². The zero-order chi connectivity index (χ0) is 13.8. The van der Waals surface area contributed by atoms with E-state index in [2.05, 4.69) is 15.6 Å². The summed E-state index contributed by atoms with van der Waals surface area (Å²) in [5.41, 5.74) is 1.33. The molecule has 5 aliphatic heterocycles. The molecule has 2 saturated heterocycles. The van der Waals surface area contributed by atoms with E-state index in [1.165, 1.54) is 5.70 Å². The molecule has 5 aliphatic rings. The summed E-state index contributed by atoms with van der Waals surface area (Å²) in [6.07, 6.45) is 0. The number of hydrogen-bond acceptors (Lipinski definition) is 8. The molecule has 0 bridgehead atoms. The van der Waals surface area contributed by atoms with E-state index in [1.807, 2.05) is 0 Å². The summed E-state index contributed by atoms with van der Waals surface area (Å²) in [5.74, 6) is 0.932. The van der Waals surface area contributed by atoms with E-state index >= 15 is 0 Å². The van der Waals surface area contributed by atoms with Crippen LogP contribution in [0.15, 0.2) is 21.1 Å². The fourth-order valence-corrected chi connectivity index (χ4v) is 5.39. The van der Waals surface area contributed by atoms with E-state index < -0.39 is 0 Å². The van der Waals surface area contributed by atoms with Gasteiger partial charge in [0.2, 0.25) is 0 Å². The second-order valence-corrected chi connectivity index (χ2v) is 7.56. The average molecular weight is 324 g/mol. The minimum Gasteiger partial charge on any atom is -0.377 e. The standard InChI is InChI=1S/C13H16N4O2S2/c1-8-9(2-18-1)15-12(14-8)20-5-7-6-21-13-16-10-3-19-4-11(10)17(7)13/h6,8-11H,1-5H2,(H,14,15)/t8-,9-,10-,11-/m0/s1. The van der Waals surface area contributed by atoms with Gasteiger partial charge < -0.3 is 19.7 Å². The zero-order valence-electron chi connectivity index (χ0n) is 11.4. The first-order valence-electron chi connectivity index (χ1n) is 7.24. The third-order valence-electron chi connectivity index (χ3n) is 4.44. The molecule has 112 valence electrons. The van der Waals surface area contributed by atoms with E-state index in [-0.39, 0.29) is 0 Å². The Morgan fingerprint density at radius 3 is 3.10 bits per heavy atom. The quantitative estimate of drug-likeness (QED) is 0.797. The summed E-state index contributed by atoms with van der Waals surface area (Å²) in [6, 6.07) is 1.44. The lowest BCUT2D eigenvalue weighted by Crippen LogP contribution is -2.37. The largest absolute Gasteiger partial charge is 0.377 e. The molecule has 0 aromatic heterocycles. The fourth-order valence-electron chi connectivity index (χ4n) is 3.33. The molecule has 0 radical (unpaired) electrons. The lowest BCUT2D eigenvalue weighted by molar-refractivity contribution is 0.178. The molecule has 0 amide bonds. The van der Waals surface area contributed by atoms with Crippen molar-refractivity contribution in [3.05, 3.63) is 11.1 Å². The van der Waals surface area contributed by atoms with Crippen molar-refractivity contribution in [2.24, 2.45) is 9.98 Å². The Bertz CT molecular complexity index is 564. The second-order valence-electron chi connectivity index (χ2n) is 5.76. The molecule has 0 aromatic carbocycles. The van der Waals surface area contributed by atoms with Crippen molar-refractivity contribution in [3.8, 4) is 0 Å². The van der Waals surface area contributed by atoms with Gasteiger partial charge in [-0.15, -0.1) is 0 Å². The first kappa shape index (κ1) is 12.8. The molecule has 6 nitrogen and oxygen atoms in total. The van der Waals surface area contributed by atoms with Crippen LogP contribution in [0.25, 0.3) is 0 Å². The Hall–Kier alpha value is -0.700. The predicted molar refractivity (Wildman–Crippen MR) is 84.8 cm³/mol. The van der Waals surface area contributed by atoms with Crippen LogP contribution in [0.5, 0.6) is 0 Å². The molecular weight excluding hydrogens is 308 g/mol. The zero-order valence-corrected chi connectivity index (χ0v) is 13.0. The summed E-state index contributed by atoms with van der Waals surface area (Å²) in [4.78, 5) is 11.8. The van der Waals surface area contributed by atoms with Crippen molar-refractivity contribution < 1.29 is 9.47 Å². The number of hydrogen-bond donors (Lipinski definition) is 1. The lowest BCUT2D eigenvalue weighted by Gasteiger charge is -2.23. The number of amidine groups is 2. The molecule has 1 N–H and O–H groups in total. The van der Waals surface area contributed by atoms with Crippen molar-refractivity contribution in [2.45, 2.75) is 24.2 Å². The van der Waals surface area contributed by atoms with Crippen LogP contribution in [-0.4, -0.2) is 71.6 Å².